The maximum Gasteiger partial charge on any atom is 0.323 e. The average Bonchev–Trinajstić information content (AvgIpc) is 3.12. The number of carbonyl (C=O) groups excluding carboxylic acids is 1. The Morgan fingerprint density at radius 1 is 1.50 bits per heavy atom. The van der Waals surface area contributed by atoms with Gasteiger partial charge >= 0.3 is 6.03 Å². The van der Waals surface area contributed by atoms with E-state index in [1.807, 2.05) is 6.20 Å². The van der Waals surface area contributed by atoms with E-state index in [9.17, 15) is 4.79 Å². The standard InChI is InChI=1S/C14H18N4O2S2/c1-3-9-6-15-12(21-9)7-18(2)14(19)17-13-16-10-4-5-20-8-11(10)22-13/h6H,3-5,7-8H2,1-2H3,(H,16,17,19). The molecule has 0 spiro atoms. The van der Waals surface area contributed by atoms with Crippen LogP contribution in [-0.4, -0.2) is 34.6 Å². The molecule has 0 saturated heterocycles. The molecule has 0 radical (unpaired) electrons. The number of thiazole rings is 2. The van der Waals surface area contributed by atoms with Crippen molar-refractivity contribution in [1.29, 1.82) is 0 Å². The van der Waals surface area contributed by atoms with E-state index in [4.69, 9.17) is 4.74 Å². The normalized spacial score (nSPS) is 13.7. The summed E-state index contributed by atoms with van der Waals surface area (Å²) in [6, 6.07) is -0.166. The molecule has 0 aliphatic carbocycles. The summed E-state index contributed by atoms with van der Waals surface area (Å²) >= 11 is 3.13. The van der Waals surface area contributed by atoms with E-state index in [1.54, 1.807) is 23.3 Å². The predicted octanol–water partition coefficient (Wildman–Crippen LogP) is 2.90. The lowest BCUT2D eigenvalue weighted by atomic mass is 10.2. The summed E-state index contributed by atoms with van der Waals surface area (Å²) < 4.78 is 5.39. The van der Waals surface area contributed by atoms with E-state index in [0.29, 0.717) is 24.9 Å². The Hall–Kier alpha value is -1.51. The first kappa shape index (κ1) is 15.4. The van der Waals surface area contributed by atoms with Crippen molar-refractivity contribution in [2.75, 3.05) is 19.0 Å². The Kier molecular flexibility index (Phi) is 4.70. The van der Waals surface area contributed by atoms with Crippen LogP contribution < -0.4 is 5.32 Å². The van der Waals surface area contributed by atoms with Gasteiger partial charge in [0.05, 0.1) is 30.3 Å². The number of anilines is 1. The first-order valence-corrected chi connectivity index (χ1v) is 8.81. The minimum Gasteiger partial charge on any atom is -0.375 e. The van der Waals surface area contributed by atoms with E-state index in [0.717, 1.165) is 28.4 Å². The van der Waals surface area contributed by atoms with Crippen molar-refractivity contribution in [3.05, 3.63) is 26.7 Å². The zero-order valence-electron chi connectivity index (χ0n) is 12.6. The highest BCUT2D eigenvalue weighted by Crippen LogP contribution is 2.27. The number of rotatable bonds is 4. The minimum atomic E-state index is -0.166. The van der Waals surface area contributed by atoms with Crippen molar-refractivity contribution >= 4 is 33.8 Å². The van der Waals surface area contributed by atoms with Gasteiger partial charge in [-0.25, -0.2) is 14.8 Å². The van der Waals surface area contributed by atoms with Gasteiger partial charge in [-0.05, 0) is 6.42 Å². The monoisotopic (exact) mass is 338 g/mol. The molecule has 0 atom stereocenters. The molecule has 1 aliphatic heterocycles. The molecule has 118 valence electrons. The van der Waals surface area contributed by atoms with Crippen molar-refractivity contribution in [1.82, 2.24) is 14.9 Å². The van der Waals surface area contributed by atoms with Crippen LogP contribution in [0.15, 0.2) is 6.20 Å². The van der Waals surface area contributed by atoms with Crippen LogP contribution in [0.1, 0.15) is 27.4 Å². The molecule has 3 heterocycles. The zero-order valence-corrected chi connectivity index (χ0v) is 14.2. The van der Waals surface area contributed by atoms with Gasteiger partial charge in [-0.3, -0.25) is 5.32 Å². The van der Waals surface area contributed by atoms with Gasteiger partial charge in [-0.2, -0.15) is 0 Å². The first-order chi connectivity index (χ1) is 10.7. The van der Waals surface area contributed by atoms with Crippen molar-refractivity contribution < 1.29 is 9.53 Å². The predicted molar refractivity (Wildman–Crippen MR) is 87.5 cm³/mol. The second kappa shape index (κ2) is 6.72. The largest absolute Gasteiger partial charge is 0.375 e. The average molecular weight is 338 g/mol. The van der Waals surface area contributed by atoms with E-state index in [1.165, 1.54) is 16.2 Å². The first-order valence-electron chi connectivity index (χ1n) is 7.17. The summed E-state index contributed by atoms with van der Waals surface area (Å²) in [6.07, 6.45) is 3.66. The molecule has 1 aliphatic rings. The van der Waals surface area contributed by atoms with Gasteiger partial charge < -0.3 is 9.64 Å². The molecule has 0 unspecified atom stereocenters. The van der Waals surface area contributed by atoms with Gasteiger partial charge in [0.25, 0.3) is 0 Å². The number of carbonyl (C=O) groups is 1. The number of aromatic nitrogens is 2. The number of ether oxygens (including phenoxy) is 1. The number of amides is 2. The maximum absolute atomic E-state index is 12.2. The molecule has 2 amide bonds. The summed E-state index contributed by atoms with van der Waals surface area (Å²) in [6.45, 7) is 3.90. The number of aryl methyl sites for hydroxylation is 1. The molecule has 6 nitrogen and oxygen atoms in total. The highest BCUT2D eigenvalue weighted by atomic mass is 32.1. The Labute approximate surface area is 137 Å². The van der Waals surface area contributed by atoms with E-state index < -0.39 is 0 Å². The van der Waals surface area contributed by atoms with Gasteiger partial charge in [0, 0.05) is 24.5 Å². The third kappa shape index (κ3) is 3.45. The van der Waals surface area contributed by atoms with Crippen LogP contribution >= 0.6 is 22.7 Å². The van der Waals surface area contributed by atoms with E-state index in [-0.39, 0.29) is 6.03 Å². The summed E-state index contributed by atoms with van der Waals surface area (Å²) in [7, 11) is 1.76. The van der Waals surface area contributed by atoms with Crippen LogP contribution in [0.3, 0.4) is 0 Å². The Morgan fingerprint density at radius 3 is 3.09 bits per heavy atom. The number of nitrogens with one attached hydrogen (secondary N) is 1. The molecule has 0 bridgehead atoms. The number of fused-ring (bicyclic) bond motifs is 1. The molecule has 2 aromatic rings. The molecule has 8 heteroatoms. The number of hydrogen-bond acceptors (Lipinski definition) is 6. The van der Waals surface area contributed by atoms with Crippen LogP contribution in [0.25, 0.3) is 0 Å². The van der Waals surface area contributed by atoms with Crippen LogP contribution in [-0.2, 0) is 30.7 Å². The number of urea groups is 1. The van der Waals surface area contributed by atoms with Gasteiger partial charge in [-0.1, -0.05) is 18.3 Å². The van der Waals surface area contributed by atoms with E-state index in [2.05, 4.69) is 22.2 Å². The van der Waals surface area contributed by atoms with Gasteiger partial charge in [-0.15, -0.1) is 11.3 Å². The van der Waals surface area contributed by atoms with Crippen LogP contribution in [0.4, 0.5) is 9.93 Å². The Bertz CT molecular complexity index is 644. The second-order valence-electron chi connectivity index (χ2n) is 5.05. The zero-order chi connectivity index (χ0) is 15.5. The van der Waals surface area contributed by atoms with Crippen molar-refractivity contribution in [2.24, 2.45) is 0 Å². The molecular weight excluding hydrogens is 320 g/mol. The number of hydrogen-bond donors (Lipinski definition) is 1. The van der Waals surface area contributed by atoms with Gasteiger partial charge in [0.15, 0.2) is 5.13 Å². The third-order valence-corrected chi connectivity index (χ3v) is 5.49. The summed E-state index contributed by atoms with van der Waals surface area (Å²) in [5.41, 5.74) is 1.04. The van der Waals surface area contributed by atoms with Crippen molar-refractivity contribution in [3.8, 4) is 0 Å². The Balaban J connectivity index is 1.59. The van der Waals surface area contributed by atoms with Crippen LogP contribution in [0.5, 0.6) is 0 Å². The minimum absolute atomic E-state index is 0.166. The highest BCUT2D eigenvalue weighted by molar-refractivity contribution is 7.15. The van der Waals surface area contributed by atoms with Gasteiger partial charge in [0.2, 0.25) is 0 Å². The SMILES string of the molecule is CCc1cnc(CN(C)C(=O)Nc2nc3c(s2)COCC3)s1. The maximum atomic E-state index is 12.2. The fourth-order valence-electron chi connectivity index (χ4n) is 2.12. The lowest BCUT2D eigenvalue weighted by Crippen LogP contribution is -2.30. The van der Waals surface area contributed by atoms with Crippen molar-refractivity contribution in [2.45, 2.75) is 32.9 Å². The van der Waals surface area contributed by atoms with Crippen molar-refractivity contribution in [3.63, 3.8) is 0 Å². The third-order valence-electron chi connectivity index (χ3n) is 3.38. The molecule has 22 heavy (non-hydrogen) atoms. The number of nitrogens with zero attached hydrogens (tertiary/aromatic N) is 3. The smallest absolute Gasteiger partial charge is 0.323 e. The van der Waals surface area contributed by atoms with Gasteiger partial charge in [0.1, 0.15) is 5.01 Å². The molecule has 3 rings (SSSR count). The lowest BCUT2D eigenvalue weighted by Gasteiger charge is -2.15. The second-order valence-corrected chi connectivity index (χ2v) is 7.33. The highest BCUT2D eigenvalue weighted by Gasteiger charge is 2.18. The molecular formula is C14H18N4O2S2. The summed E-state index contributed by atoms with van der Waals surface area (Å²) in [5.74, 6) is 0. The molecule has 1 N–H and O–H groups in total. The fourth-order valence-corrected chi connectivity index (χ4v) is 3.98. The molecule has 0 saturated carbocycles. The molecule has 2 aromatic heterocycles. The van der Waals surface area contributed by atoms with Crippen LogP contribution in [0.2, 0.25) is 0 Å². The topological polar surface area (TPSA) is 67.4 Å². The van der Waals surface area contributed by atoms with E-state index >= 15 is 0 Å². The quantitative estimate of drug-likeness (QED) is 0.931. The Morgan fingerprint density at radius 2 is 2.36 bits per heavy atom. The molecule has 0 fully saturated rings. The molecule has 0 aromatic carbocycles. The fraction of sp³-hybridized carbons (Fsp3) is 0.500. The summed E-state index contributed by atoms with van der Waals surface area (Å²) in [5, 5.41) is 4.44. The summed E-state index contributed by atoms with van der Waals surface area (Å²) in [4.78, 5) is 25.0. The van der Waals surface area contributed by atoms with Crippen LogP contribution in [0, 0.1) is 0 Å². The lowest BCUT2D eigenvalue weighted by molar-refractivity contribution is 0.112.